The Morgan fingerprint density at radius 2 is 1.27 bits per heavy atom. The lowest BCUT2D eigenvalue weighted by molar-refractivity contribution is -0.166. The molecule has 7 rings (SSSR count). The van der Waals surface area contributed by atoms with Crippen LogP contribution in [-0.4, -0.2) is 87.3 Å². The summed E-state index contributed by atoms with van der Waals surface area (Å²) in [7, 11) is -2.88. The van der Waals surface area contributed by atoms with E-state index in [0.717, 1.165) is 23.5 Å². The predicted octanol–water partition coefficient (Wildman–Crippen LogP) is 6.75. The van der Waals surface area contributed by atoms with Gasteiger partial charge in [0, 0.05) is 42.5 Å². The van der Waals surface area contributed by atoms with Crippen LogP contribution in [0.1, 0.15) is 72.2 Å². The molecule has 4 aromatic rings. The fraction of sp³-hybridized carbons (Fsp3) is 0.349. The third kappa shape index (κ3) is 6.18. The molecule has 13 heteroatoms. The molecule has 0 aliphatic carbocycles. The van der Waals surface area contributed by atoms with E-state index in [1.54, 1.807) is 97.9 Å². The smallest absolute Gasteiger partial charge is 0.266 e. The number of unbranched alkanes of at least 4 members (excludes halogenated alkanes) is 1. The number of fused-ring (bicyclic) bond motifs is 5. The first-order chi connectivity index (χ1) is 26.9. The SMILES string of the molecule is CCCC[C@@]12c3ccccc3N(S(=O)(=O)c3ccccc3)[C@@H]1N1C(=O)[C@](C)(SCCC(=O)c3ccccc3)N(C)C(=O)[C@@]1(SCCC(=O)c1ccccc1)[C@H]2O. The van der Waals surface area contributed by atoms with E-state index < -0.39 is 49.3 Å². The van der Waals surface area contributed by atoms with Gasteiger partial charge in [-0.2, -0.15) is 0 Å². The van der Waals surface area contributed by atoms with Crippen molar-refractivity contribution in [1.82, 2.24) is 9.80 Å². The topological polar surface area (TPSA) is 132 Å². The number of anilines is 1. The van der Waals surface area contributed by atoms with Gasteiger partial charge in [-0.1, -0.05) is 117 Å². The van der Waals surface area contributed by atoms with Gasteiger partial charge < -0.3 is 10.0 Å². The maximum Gasteiger partial charge on any atom is 0.266 e. The number of Topliss-reactive ketones (excluding diaryl/α,β-unsaturated/α-hetero) is 2. The molecule has 0 radical (unpaired) electrons. The summed E-state index contributed by atoms with van der Waals surface area (Å²) < 4.78 is 31.3. The first kappa shape index (κ1) is 39.8. The van der Waals surface area contributed by atoms with Gasteiger partial charge in [-0.15, -0.1) is 23.5 Å². The Kier molecular flexibility index (Phi) is 11.0. The van der Waals surface area contributed by atoms with E-state index in [1.165, 1.54) is 33.3 Å². The van der Waals surface area contributed by atoms with Crippen molar-refractivity contribution in [2.24, 2.45) is 0 Å². The minimum absolute atomic E-state index is 0.00124. The van der Waals surface area contributed by atoms with Crippen LogP contribution in [-0.2, 0) is 25.0 Å². The maximum atomic E-state index is 15.6. The molecule has 2 saturated heterocycles. The normalized spacial score (nSPS) is 25.5. The van der Waals surface area contributed by atoms with Crippen molar-refractivity contribution < 1.29 is 32.7 Å². The number of aliphatic hydroxyl groups is 1. The molecule has 0 unspecified atom stereocenters. The van der Waals surface area contributed by atoms with E-state index in [2.05, 4.69) is 0 Å². The Morgan fingerprint density at radius 1 is 0.750 bits per heavy atom. The van der Waals surface area contributed by atoms with Crippen LogP contribution in [0, 0.1) is 0 Å². The minimum atomic E-state index is -4.40. The second-order valence-corrected chi connectivity index (χ2v) is 19.2. The van der Waals surface area contributed by atoms with E-state index in [4.69, 9.17) is 0 Å². The van der Waals surface area contributed by atoms with Gasteiger partial charge in [-0.05, 0) is 37.1 Å². The third-order valence-corrected chi connectivity index (χ3v) is 16.1. The molecule has 3 heterocycles. The molecule has 292 valence electrons. The number of hydrogen-bond donors (Lipinski definition) is 1. The first-order valence-corrected chi connectivity index (χ1v) is 22.2. The van der Waals surface area contributed by atoms with E-state index in [9.17, 15) is 14.7 Å². The predicted molar refractivity (Wildman–Crippen MR) is 220 cm³/mol. The number of amides is 2. The van der Waals surface area contributed by atoms with Crippen LogP contribution in [0.3, 0.4) is 0 Å². The second-order valence-electron chi connectivity index (χ2n) is 14.5. The van der Waals surface area contributed by atoms with Crippen molar-refractivity contribution >= 4 is 62.6 Å². The van der Waals surface area contributed by atoms with Crippen LogP contribution in [0.25, 0.3) is 0 Å². The van der Waals surface area contributed by atoms with Gasteiger partial charge in [-0.3, -0.25) is 24.1 Å². The summed E-state index contributed by atoms with van der Waals surface area (Å²) in [4.78, 5) is 56.6. The summed E-state index contributed by atoms with van der Waals surface area (Å²) >= 11 is 2.16. The van der Waals surface area contributed by atoms with Crippen molar-refractivity contribution in [3.8, 4) is 0 Å². The molecule has 0 spiro atoms. The summed E-state index contributed by atoms with van der Waals surface area (Å²) in [6.07, 6.45) is -1.28. The van der Waals surface area contributed by atoms with Crippen molar-refractivity contribution in [2.45, 2.75) is 78.3 Å². The number of nitrogens with zero attached hydrogens (tertiary/aromatic N) is 3. The highest BCUT2D eigenvalue weighted by Gasteiger charge is 2.80. The van der Waals surface area contributed by atoms with E-state index in [-0.39, 0.29) is 47.2 Å². The zero-order valence-corrected chi connectivity index (χ0v) is 34.0. The van der Waals surface area contributed by atoms with Crippen LogP contribution in [0.15, 0.2) is 120 Å². The fourth-order valence-corrected chi connectivity index (χ4v) is 12.9. The largest absolute Gasteiger partial charge is 0.388 e. The Labute approximate surface area is 336 Å². The van der Waals surface area contributed by atoms with Crippen LogP contribution >= 0.6 is 23.5 Å². The molecule has 0 bridgehead atoms. The summed E-state index contributed by atoms with van der Waals surface area (Å²) in [6.45, 7) is 3.61. The molecule has 10 nitrogen and oxygen atoms in total. The number of thioether (sulfide) groups is 2. The van der Waals surface area contributed by atoms with Gasteiger partial charge in [0.2, 0.25) is 0 Å². The molecular formula is C43H45N3O7S3. The molecule has 2 amide bonds. The van der Waals surface area contributed by atoms with Crippen LogP contribution in [0.4, 0.5) is 5.69 Å². The Hall–Kier alpha value is -4.43. The molecule has 2 fully saturated rings. The number of hydrogen-bond acceptors (Lipinski definition) is 9. The van der Waals surface area contributed by atoms with Crippen LogP contribution in [0.2, 0.25) is 0 Å². The lowest BCUT2D eigenvalue weighted by Gasteiger charge is -2.54. The molecule has 56 heavy (non-hydrogen) atoms. The van der Waals surface area contributed by atoms with Crippen LogP contribution < -0.4 is 4.31 Å². The number of carbonyl (C=O) groups is 4. The molecule has 3 aliphatic rings. The average molecular weight is 812 g/mol. The number of sulfonamides is 1. The van der Waals surface area contributed by atoms with Gasteiger partial charge in [0.15, 0.2) is 21.3 Å². The number of likely N-dealkylation sites (N-methyl/N-ethyl adjacent to an activating group) is 1. The van der Waals surface area contributed by atoms with Gasteiger partial charge in [0.1, 0.15) is 12.3 Å². The van der Waals surface area contributed by atoms with E-state index in [0.29, 0.717) is 35.2 Å². The number of carbonyl (C=O) groups excluding carboxylic acids is 4. The zero-order valence-electron chi connectivity index (χ0n) is 31.5. The lowest BCUT2D eigenvalue weighted by atomic mass is 9.72. The van der Waals surface area contributed by atoms with Gasteiger partial charge in [-0.25, -0.2) is 12.7 Å². The monoisotopic (exact) mass is 811 g/mol. The van der Waals surface area contributed by atoms with Crippen molar-refractivity contribution in [2.75, 3.05) is 22.9 Å². The standard InChI is InChI=1S/C43H45N3O7S3/c1-4-5-27-42-33-23-15-16-24-34(33)46(56(52,53)32-21-13-8-14-22-32)38(42)45-39(50)41(2,54-28-25-35(47)30-17-9-6-10-18-30)44(3)40(51)43(45,37(42)49)55-29-26-36(48)31-19-11-7-12-20-31/h6-24,37-38,49H,4-5,25-29H2,1-3H3/t37-,38-,41-,42-,43-/m0/s1. The van der Waals surface area contributed by atoms with Crippen molar-refractivity contribution in [3.05, 3.63) is 132 Å². The fourth-order valence-electron chi connectivity index (χ4n) is 8.49. The Bertz CT molecular complexity index is 2240. The molecule has 3 aliphatic heterocycles. The number of ketones is 2. The summed E-state index contributed by atoms with van der Waals surface area (Å²) in [5.41, 5.74) is 0.475. The first-order valence-electron chi connectivity index (χ1n) is 18.8. The molecular weight excluding hydrogens is 767 g/mol. The highest BCUT2D eigenvalue weighted by atomic mass is 32.2. The summed E-state index contributed by atoms with van der Waals surface area (Å²) in [6, 6.07) is 32.6. The Morgan fingerprint density at radius 3 is 1.84 bits per heavy atom. The summed E-state index contributed by atoms with van der Waals surface area (Å²) in [5.74, 6) is -1.18. The number of aliphatic hydroxyl groups excluding tert-OH is 1. The Balaban J connectivity index is 1.37. The summed E-state index contributed by atoms with van der Waals surface area (Å²) in [5, 5.41) is 13.1. The van der Waals surface area contributed by atoms with Gasteiger partial charge in [0.05, 0.1) is 16.0 Å². The van der Waals surface area contributed by atoms with Crippen molar-refractivity contribution in [3.63, 3.8) is 0 Å². The quantitative estimate of drug-likeness (QED) is 0.130. The lowest BCUT2D eigenvalue weighted by Crippen LogP contribution is -2.75. The molecule has 4 aromatic carbocycles. The number of rotatable bonds is 15. The molecule has 0 saturated carbocycles. The number of para-hydroxylation sites is 1. The second kappa shape index (κ2) is 15.5. The average Bonchev–Trinajstić information content (AvgIpc) is 3.63. The minimum Gasteiger partial charge on any atom is -0.388 e. The molecule has 0 aromatic heterocycles. The van der Waals surface area contributed by atoms with Crippen LogP contribution in [0.5, 0.6) is 0 Å². The molecule has 5 atom stereocenters. The van der Waals surface area contributed by atoms with E-state index >= 15 is 18.0 Å². The van der Waals surface area contributed by atoms with Gasteiger partial charge in [0.25, 0.3) is 21.8 Å². The number of benzene rings is 4. The number of piperazine rings is 1. The van der Waals surface area contributed by atoms with Crippen molar-refractivity contribution in [1.29, 1.82) is 0 Å². The molecule has 1 N–H and O–H groups in total. The third-order valence-electron chi connectivity index (χ3n) is 11.5. The highest BCUT2D eigenvalue weighted by molar-refractivity contribution is 8.02. The van der Waals surface area contributed by atoms with E-state index in [1.807, 2.05) is 19.1 Å². The van der Waals surface area contributed by atoms with Gasteiger partial charge >= 0.3 is 0 Å². The highest BCUT2D eigenvalue weighted by Crippen LogP contribution is 2.65. The maximum absolute atomic E-state index is 15.6. The zero-order chi connectivity index (χ0) is 39.9.